The van der Waals surface area contributed by atoms with Crippen molar-refractivity contribution in [1.82, 2.24) is 9.97 Å². The first kappa shape index (κ1) is 21.6. The molecular weight excluding hydrogens is 422 g/mol. The minimum absolute atomic E-state index is 0.0582. The maximum Gasteiger partial charge on any atom is 0.447 e. The molecule has 0 spiro atoms. The molecule has 0 radical (unpaired) electrons. The topological polar surface area (TPSA) is 66.2 Å². The van der Waals surface area contributed by atoms with Crippen LogP contribution in [-0.4, -0.2) is 32.1 Å². The monoisotopic (exact) mass is 436 g/mol. The van der Waals surface area contributed by atoms with Crippen molar-refractivity contribution in [3.05, 3.63) is 47.3 Å². The van der Waals surface area contributed by atoms with Crippen LogP contribution in [-0.2, 0) is 17.7 Å². The number of benzene rings is 1. The highest BCUT2D eigenvalue weighted by molar-refractivity contribution is 7.98. The molecule has 4 nitrogen and oxygen atoms in total. The average molecular weight is 436 g/mol. The number of thioether (sulfide) groups is 1. The van der Waals surface area contributed by atoms with Crippen molar-refractivity contribution < 1.29 is 36.6 Å². The predicted octanol–water partition coefficient (Wildman–Crippen LogP) is 4.75. The van der Waals surface area contributed by atoms with E-state index in [0.29, 0.717) is 11.8 Å². The fraction of sp³-hybridized carbons (Fsp3) is 0.333. The van der Waals surface area contributed by atoms with E-state index < -0.39 is 40.2 Å². The summed E-state index contributed by atoms with van der Waals surface area (Å²) in [5.41, 5.74) is -3.29. The van der Waals surface area contributed by atoms with Crippen LogP contribution in [0.2, 0.25) is 0 Å². The Kier molecular flexibility index (Phi) is 5.43. The molecule has 0 aliphatic carbocycles. The van der Waals surface area contributed by atoms with E-state index in [1.807, 2.05) is 0 Å². The summed E-state index contributed by atoms with van der Waals surface area (Å²) in [6.45, 7) is 1.75. The number of hydrogen-bond donors (Lipinski definition) is 2. The number of hydrogen-bond acceptors (Lipinski definition) is 5. The van der Waals surface area contributed by atoms with Gasteiger partial charge in [-0.05, 0) is 29.5 Å². The summed E-state index contributed by atoms with van der Waals surface area (Å²) in [6, 6.07) is 3.01. The number of rotatable bonds is 4. The Balaban J connectivity index is 2.50. The van der Waals surface area contributed by atoms with Crippen LogP contribution < -0.4 is 0 Å². The van der Waals surface area contributed by atoms with Gasteiger partial charge in [0.05, 0.1) is 16.6 Å². The zero-order valence-corrected chi connectivity index (χ0v) is 15.6. The van der Waals surface area contributed by atoms with Gasteiger partial charge in [-0.1, -0.05) is 6.92 Å². The van der Waals surface area contributed by atoms with E-state index in [1.54, 1.807) is 6.92 Å². The molecule has 0 saturated carbocycles. The molecule has 2 N–H and O–H groups in total. The molecule has 0 fully saturated rings. The Morgan fingerprint density at radius 2 is 1.69 bits per heavy atom. The maximum absolute atomic E-state index is 13.9. The Morgan fingerprint density at radius 3 is 2.28 bits per heavy atom. The molecule has 2 heterocycles. The van der Waals surface area contributed by atoms with Crippen molar-refractivity contribution in [1.29, 1.82) is 0 Å². The number of alkyl halides is 6. The van der Waals surface area contributed by atoms with Crippen molar-refractivity contribution in [2.45, 2.75) is 30.8 Å². The zero-order chi connectivity index (χ0) is 21.6. The molecule has 0 unspecified atom stereocenters. The van der Waals surface area contributed by atoms with Crippen LogP contribution in [0.4, 0.5) is 26.3 Å². The number of pyridine rings is 2. The second-order valence-corrected chi connectivity index (χ2v) is 7.46. The van der Waals surface area contributed by atoms with E-state index in [0.717, 1.165) is 12.4 Å². The lowest BCUT2D eigenvalue weighted by molar-refractivity contribution is -0.357. The standard InChI is InChI=1S/C18H14F6N2O2S/c1-2-29-8-9-7-26-14-10-4-3-5-25-15(10)12(16(27,28)18(22,23)24)6-11(14)13(9)17(19,20)21/h3-7,27-28H,2,8H2,1H3. The van der Waals surface area contributed by atoms with Crippen LogP contribution in [0.5, 0.6) is 0 Å². The van der Waals surface area contributed by atoms with Crippen LogP contribution >= 0.6 is 11.8 Å². The second kappa shape index (κ2) is 7.29. The third-order valence-electron chi connectivity index (χ3n) is 4.32. The van der Waals surface area contributed by atoms with Gasteiger partial charge in [0, 0.05) is 34.5 Å². The highest BCUT2D eigenvalue weighted by Crippen LogP contribution is 2.44. The number of fused-ring (bicyclic) bond motifs is 3. The lowest BCUT2D eigenvalue weighted by Gasteiger charge is -2.26. The van der Waals surface area contributed by atoms with Gasteiger partial charge in [0.1, 0.15) is 0 Å². The van der Waals surface area contributed by atoms with Crippen LogP contribution in [0.25, 0.3) is 21.8 Å². The minimum Gasteiger partial charge on any atom is -0.355 e. The van der Waals surface area contributed by atoms with Crippen molar-refractivity contribution in [2.75, 3.05) is 5.75 Å². The van der Waals surface area contributed by atoms with Gasteiger partial charge in [-0.3, -0.25) is 9.97 Å². The smallest absolute Gasteiger partial charge is 0.355 e. The van der Waals surface area contributed by atoms with Crippen molar-refractivity contribution in [3.63, 3.8) is 0 Å². The molecule has 156 valence electrons. The number of halogens is 6. The summed E-state index contributed by atoms with van der Waals surface area (Å²) in [6.07, 6.45) is -8.33. The highest BCUT2D eigenvalue weighted by atomic mass is 32.2. The van der Waals surface area contributed by atoms with Crippen LogP contribution in [0.3, 0.4) is 0 Å². The third kappa shape index (κ3) is 3.74. The van der Waals surface area contributed by atoms with E-state index in [2.05, 4.69) is 9.97 Å². The molecule has 0 atom stereocenters. The first-order valence-corrected chi connectivity index (χ1v) is 9.41. The quantitative estimate of drug-likeness (QED) is 0.351. The van der Waals surface area contributed by atoms with Gasteiger partial charge >= 0.3 is 12.4 Å². The number of aliphatic hydroxyl groups is 2. The summed E-state index contributed by atoms with van der Waals surface area (Å²) in [4.78, 5) is 7.75. The Hall–Kier alpha value is -2.11. The van der Waals surface area contributed by atoms with E-state index in [9.17, 15) is 36.6 Å². The fourth-order valence-electron chi connectivity index (χ4n) is 3.02. The molecule has 3 aromatic rings. The van der Waals surface area contributed by atoms with Gasteiger partial charge in [0.25, 0.3) is 5.79 Å². The molecule has 0 bridgehead atoms. The van der Waals surface area contributed by atoms with Gasteiger partial charge in [-0.15, -0.1) is 0 Å². The van der Waals surface area contributed by atoms with Crippen molar-refractivity contribution >= 4 is 33.6 Å². The van der Waals surface area contributed by atoms with Crippen LogP contribution in [0.1, 0.15) is 23.6 Å². The van der Waals surface area contributed by atoms with Gasteiger partial charge in [-0.2, -0.15) is 38.1 Å². The predicted molar refractivity (Wildman–Crippen MR) is 96.1 cm³/mol. The molecule has 2 aromatic heterocycles. The summed E-state index contributed by atoms with van der Waals surface area (Å²) in [5.74, 6) is -3.94. The Bertz CT molecular complexity index is 1070. The molecule has 1 aromatic carbocycles. The zero-order valence-electron chi connectivity index (χ0n) is 14.8. The molecule has 0 amide bonds. The minimum atomic E-state index is -5.56. The second-order valence-electron chi connectivity index (χ2n) is 6.18. The highest BCUT2D eigenvalue weighted by Gasteiger charge is 2.55. The summed E-state index contributed by atoms with van der Waals surface area (Å²) >= 11 is 1.19. The SMILES string of the molecule is CCSCc1cnc2c(cc(C(O)(O)C(F)(F)F)c3ncccc32)c1C(F)(F)F. The molecule has 0 saturated heterocycles. The summed E-state index contributed by atoms with van der Waals surface area (Å²) in [5, 5.41) is 18.7. The lowest BCUT2D eigenvalue weighted by atomic mass is 9.94. The van der Waals surface area contributed by atoms with Gasteiger partial charge < -0.3 is 10.2 Å². The van der Waals surface area contributed by atoms with Crippen LogP contribution in [0, 0.1) is 0 Å². The Morgan fingerprint density at radius 1 is 1.00 bits per heavy atom. The largest absolute Gasteiger partial charge is 0.447 e. The molecule has 0 aliphatic rings. The molecular formula is C18H14F6N2O2S. The van der Waals surface area contributed by atoms with E-state index in [4.69, 9.17) is 0 Å². The normalized spacial score (nSPS) is 13.4. The maximum atomic E-state index is 13.9. The third-order valence-corrected chi connectivity index (χ3v) is 5.24. The molecule has 0 aliphatic heterocycles. The first-order chi connectivity index (χ1) is 13.4. The Labute approximate surface area is 164 Å². The first-order valence-electron chi connectivity index (χ1n) is 8.25. The molecule has 29 heavy (non-hydrogen) atoms. The fourth-order valence-corrected chi connectivity index (χ4v) is 3.66. The summed E-state index contributed by atoms with van der Waals surface area (Å²) < 4.78 is 81.4. The lowest BCUT2D eigenvalue weighted by Crippen LogP contribution is -2.42. The number of aromatic nitrogens is 2. The summed E-state index contributed by atoms with van der Waals surface area (Å²) in [7, 11) is 0. The molecule has 11 heteroatoms. The van der Waals surface area contributed by atoms with Crippen LogP contribution in [0.15, 0.2) is 30.6 Å². The van der Waals surface area contributed by atoms with Gasteiger partial charge in [0.2, 0.25) is 0 Å². The van der Waals surface area contributed by atoms with E-state index >= 15 is 0 Å². The number of nitrogens with zero attached hydrogens (tertiary/aromatic N) is 2. The van der Waals surface area contributed by atoms with E-state index in [1.165, 1.54) is 23.9 Å². The van der Waals surface area contributed by atoms with Crippen molar-refractivity contribution in [3.8, 4) is 0 Å². The van der Waals surface area contributed by atoms with Gasteiger partial charge in [0.15, 0.2) is 0 Å². The average Bonchev–Trinajstić information content (AvgIpc) is 2.63. The van der Waals surface area contributed by atoms with E-state index in [-0.39, 0.29) is 22.2 Å². The van der Waals surface area contributed by atoms with Crippen molar-refractivity contribution in [2.24, 2.45) is 0 Å². The van der Waals surface area contributed by atoms with Gasteiger partial charge in [-0.25, -0.2) is 0 Å². The molecule has 3 rings (SSSR count).